The molecule has 0 bridgehead atoms. The molecule has 0 saturated carbocycles. The van der Waals surface area contributed by atoms with Gasteiger partial charge < -0.3 is 5.32 Å². The second-order valence-corrected chi connectivity index (χ2v) is 2.68. The van der Waals surface area contributed by atoms with Gasteiger partial charge in [-0.2, -0.15) is 0 Å². The van der Waals surface area contributed by atoms with Gasteiger partial charge in [0, 0.05) is 12.3 Å². The Morgan fingerprint density at radius 2 is 2.25 bits per heavy atom. The van der Waals surface area contributed by atoms with E-state index in [2.05, 4.69) is 11.9 Å². The fourth-order valence-electron chi connectivity index (χ4n) is 0.967. The number of hydrogen-bond donors (Lipinski definition) is 1. The third kappa shape index (κ3) is 2.86. The third-order valence-electron chi connectivity index (χ3n) is 1.84. The van der Waals surface area contributed by atoms with Crippen LogP contribution in [0, 0.1) is 5.92 Å². The lowest BCUT2D eigenvalue weighted by Gasteiger charge is -2.18. The average Bonchev–Trinajstić information content (AvgIpc) is 2.11. The second-order valence-electron chi connectivity index (χ2n) is 2.68. The van der Waals surface area contributed by atoms with Crippen molar-refractivity contribution in [2.75, 3.05) is 0 Å². The van der Waals surface area contributed by atoms with E-state index >= 15 is 0 Å². The maximum absolute atomic E-state index is 11.2. The zero-order valence-electron chi connectivity index (χ0n) is 7.54. The first-order valence-corrected chi connectivity index (χ1v) is 4.02. The Kier molecular flexibility index (Phi) is 5.00. The van der Waals surface area contributed by atoms with Crippen LogP contribution in [0.3, 0.4) is 0 Å². The minimum atomic E-state index is -0.412. The molecule has 68 valence electrons. The van der Waals surface area contributed by atoms with E-state index in [-0.39, 0.29) is 11.7 Å². The number of nitrogens with one attached hydrogen (secondary N) is 1. The molecular weight excluding hydrogens is 154 g/mol. The van der Waals surface area contributed by atoms with Gasteiger partial charge in [0.2, 0.25) is 6.41 Å². The molecule has 0 aliphatic heterocycles. The van der Waals surface area contributed by atoms with E-state index in [0.717, 1.165) is 0 Å². The highest BCUT2D eigenvalue weighted by molar-refractivity contribution is 5.85. The predicted octanol–water partition coefficient (Wildman–Crippen LogP) is 0.902. The standard InChI is InChI=1S/C9H15NO2/c1-4-7(3)9(10-6-11)8(12)5-2/h4,6-7,9H,1,5H2,2-3H3,(H,10,11)/t7-,9?/m0/s1. The summed E-state index contributed by atoms with van der Waals surface area (Å²) in [4.78, 5) is 21.4. The van der Waals surface area contributed by atoms with Gasteiger partial charge in [-0.25, -0.2) is 0 Å². The molecule has 3 heteroatoms. The zero-order valence-corrected chi connectivity index (χ0v) is 7.54. The quantitative estimate of drug-likeness (QED) is 0.474. The van der Waals surface area contributed by atoms with Crippen molar-refractivity contribution >= 4 is 12.2 Å². The summed E-state index contributed by atoms with van der Waals surface area (Å²) in [6.45, 7) is 7.20. The van der Waals surface area contributed by atoms with Crippen LogP contribution < -0.4 is 5.32 Å². The number of Topliss-reactive ketones (excluding diaryl/α,β-unsaturated/α-hetero) is 1. The maximum Gasteiger partial charge on any atom is 0.207 e. The molecule has 0 aliphatic rings. The normalized spacial score (nSPS) is 14.5. The Morgan fingerprint density at radius 1 is 1.67 bits per heavy atom. The van der Waals surface area contributed by atoms with Crippen LogP contribution in [0.5, 0.6) is 0 Å². The highest BCUT2D eigenvalue weighted by atomic mass is 16.1. The Balaban J connectivity index is 4.29. The Bertz CT molecular complexity index is 177. The largest absolute Gasteiger partial charge is 0.348 e. The van der Waals surface area contributed by atoms with Gasteiger partial charge >= 0.3 is 0 Å². The Labute approximate surface area is 72.8 Å². The summed E-state index contributed by atoms with van der Waals surface area (Å²) in [5, 5.41) is 2.48. The van der Waals surface area contributed by atoms with Gasteiger partial charge in [-0.1, -0.05) is 19.9 Å². The summed E-state index contributed by atoms with van der Waals surface area (Å²) in [6, 6.07) is -0.412. The van der Waals surface area contributed by atoms with E-state index in [1.54, 1.807) is 13.0 Å². The maximum atomic E-state index is 11.2. The zero-order chi connectivity index (χ0) is 9.56. The van der Waals surface area contributed by atoms with E-state index in [1.165, 1.54) is 0 Å². The monoisotopic (exact) mass is 169 g/mol. The molecule has 0 aromatic rings. The number of carbonyl (C=O) groups is 2. The lowest BCUT2D eigenvalue weighted by atomic mass is 9.97. The molecular formula is C9H15NO2. The number of ketones is 1. The fourth-order valence-corrected chi connectivity index (χ4v) is 0.967. The molecule has 0 radical (unpaired) electrons. The summed E-state index contributed by atoms with van der Waals surface area (Å²) in [6.07, 6.45) is 2.65. The molecule has 0 aromatic heterocycles. The van der Waals surface area contributed by atoms with Crippen molar-refractivity contribution in [1.82, 2.24) is 5.32 Å². The second kappa shape index (κ2) is 5.52. The van der Waals surface area contributed by atoms with Gasteiger partial charge in [0.05, 0.1) is 6.04 Å². The smallest absolute Gasteiger partial charge is 0.207 e. The van der Waals surface area contributed by atoms with Crippen LogP contribution in [0.4, 0.5) is 0 Å². The molecule has 0 fully saturated rings. The summed E-state index contributed by atoms with van der Waals surface area (Å²) >= 11 is 0. The number of hydrogen-bond acceptors (Lipinski definition) is 2. The molecule has 0 aliphatic carbocycles. The van der Waals surface area contributed by atoms with Gasteiger partial charge in [-0.15, -0.1) is 6.58 Å². The molecule has 0 aromatic carbocycles. The molecule has 2 atom stereocenters. The van der Waals surface area contributed by atoms with Crippen LogP contribution in [-0.4, -0.2) is 18.2 Å². The van der Waals surface area contributed by atoms with Crippen LogP contribution >= 0.6 is 0 Å². The molecule has 1 unspecified atom stereocenters. The molecule has 12 heavy (non-hydrogen) atoms. The Morgan fingerprint density at radius 3 is 2.58 bits per heavy atom. The van der Waals surface area contributed by atoms with Gasteiger partial charge in [0.1, 0.15) is 0 Å². The third-order valence-corrected chi connectivity index (χ3v) is 1.84. The summed E-state index contributed by atoms with van der Waals surface area (Å²) in [5.41, 5.74) is 0. The summed E-state index contributed by atoms with van der Waals surface area (Å²) in [5.74, 6) is 0.0251. The number of amides is 1. The van der Waals surface area contributed by atoms with E-state index < -0.39 is 6.04 Å². The highest BCUT2D eigenvalue weighted by Gasteiger charge is 2.19. The first-order valence-electron chi connectivity index (χ1n) is 4.02. The first kappa shape index (κ1) is 10.9. The van der Waals surface area contributed by atoms with E-state index in [0.29, 0.717) is 12.8 Å². The predicted molar refractivity (Wildman–Crippen MR) is 47.6 cm³/mol. The van der Waals surface area contributed by atoms with Crippen LogP contribution in [0.15, 0.2) is 12.7 Å². The van der Waals surface area contributed by atoms with Crippen molar-refractivity contribution in [1.29, 1.82) is 0 Å². The number of carbonyl (C=O) groups excluding carboxylic acids is 2. The minimum Gasteiger partial charge on any atom is -0.348 e. The van der Waals surface area contributed by atoms with Gasteiger partial charge in [-0.05, 0) is 0 Å². The van der Waals surface area contributed by atoms with Gasteiger partial charge in [0.15, 0.2) is 5.78 Å². The van der Waals surface area contributed by atoms with Gasteiger partial charge in [0.25, 0.3) is 0 Å². The van der Waals surface area contributed by atoms with E-state index in [9.17, 15) is 9.59 Å². The van der Waals surface area contributed by atoms with Crippen LogP contribution in [0.1, 0.15) is 20.3 Å². The molecule has 0 heterocycles. The Hall–Kier alpha value is -1.12. The summed E-state index contributed by atoms with van der Waals surface area (Å²) < 4.78 is 0. The molecule has 0 rings (SSSR count). The molecule has 3 nitrogen and oxygen atoms in total. The van der Waals surface area contributed by atoms with Crippen molar-refractivity contribution in [3.63, 3.8) is 0 Å². The first-order chi connectivity index (χ1) is 5.67. The molecule has 0 saturated heterocycles. The SMILES string of the molecule is C=C[C@H](C)C(NC=O)C(=O)CC. The van der Waals surface area contributed by atoms with Crippen molar-refractivity contribution in [2.24, 2.45) is 5.92 Å². The van der Waals surface area contributed by atoms with Crippen molar-refractivity contribution in [3.05, 3.63) is 12.7 Å². The molecule has 1 N–H and O–H groups in total. The number of rotatable bonds is 6. The summed E-state index contributed by atoms with van der Waals surface area (Å²) in [7, 11) is 0. The van der Waals surface area contributed by atoms with Gasteiger partial charge in [-0.3, -0.25) is 9.59 Å². The van der Waals surface area contributed by atoms with E-state index in [1.807, 2.05) is 6.92 Å². The molecule has 1 amide bonds. The van der Waals surface area contributed by atoms with Crippen molar-refractivity contribution < 1.29 is 9.59 Å². The minimum absolute atomic E-state index is 0.0114. The van der Waals surface area contributed by atoms with E-state index in [4.69, 9.17) is 0 Å². The van der Waals surface area contributed by atoms with Crippen LogP contribution in [0.2, 0.25) is 0 Å². The fraction of sp³-hybridized carbons (Fsp3) is 0.556. The average molecular weight is 169 g/mol. The lowest BCUT2D eigenvalue weighted by Crippen LogP contribution is -2.40. The highest BCUT2D eigenvalue weighted by Crippen LogP contribution is 2.06. The molecule has 0 spiro atoms. The lowest BCUT2D eigenvalue weighted by molar-refractivity contribution is -0.124. The topological polar surface area (TPSA) is 46.2 Å². The van der Waals surface area contributed by atoms with Crippen molar-refractivity contribution in [2.45, 2.75) is 26.3 Å². The van der Waals surface area contributed by atoms with Crippen LogP contribution in [-0.2, 0) is 9.59 Å². The van der Waals surface area contributed by atoms with Crippen molar-refractivity contribution in [3.8, 4) is 0 Å². The van der Waals surface area contributed by atoms with Crippen LogP contribution in [0.25, 0.3) is 0 Å².